The van der Waals surface area contributed by atoms with Gasteiger partial charge in [-0.2, -0.15) is 0 Å². The van der Waals surface area contributed by atoms with Crippen LogP contribution in [0.3, 0.4) is 0 Å². The van der Waals surface area contributed by atoms with Crippen LogP contribution in [0.5, 0.6) is 0 Å². The summed E-state index contributed by atoms with van der Waals surface area (Å²) >= 11 is 12.0. The molecule has 0 aromatic heterocycles. The van der Waals surface area contributed by atoms with Crippen molar-refractivity contribution < 1.29 is 9.53 Å². The summed E-state index contributed by atoms with van der Waals surface area (Å²) in [5, 5.41) is 6.79. The molecular formula is C12H16Cl2N2O2. The van der Waals surface area contributed by atoms with E-state index in [1.54, 1.807) is 19.2 Å². The summed E-state index contributed by atoms with van der Waals surface area (Å²) in [6.07, 6.45) is 0. The van der Waals surface area contributed by atoms with Crippen molar-refractivity contribution in [3.8, 4) is 0 Å². The molecule has 0 bridgehead atoms. The topological polar surface area (TPSA) is 50.4 Å². The summed E-state index contributed by atoms with van der Waals surface area (Å²) in [6.45, 7) is 2.99. The zero-order chi connectivity index (χ0) is 13.5. The van der Waals surface area contributed by atoms with Gasteiger partial charge in [0.1, 0.15) is 0 Å². The van der Waals surface area contributed by atoms with E-state index in [9.17, 15) is 4.79 Å². The highest BCUT2D eigenvalue weighted by atomic mass is 35.5. The Bertz CT molecular complexity index is 425. The Labute approximate surface area is 117 Å². The SMILES string of the molecule is COCCNC(=O)CNc1cc(Cl)c(C)cc1Cl. The molecule has 0 aliphatic heterocycles. The van der Waals surface area contributed by atoms with Gasteiger partial charge >= 0.3 is 0 Å². The first-order valence-corrected chi connectivity index (χ1v) is 6.25. The minimum atomic E-state index is -0.125. The third-order valence-electron chi connectivity index (χ3n) is 2.32. The Kier molecular flexibility index (Phi) is 6.25. The molecule has 0 aliphatic carbocycles. The van der Waals surface area contributed by atoms with E-state index in [1.807, 2.05) is 6.92 Å². The van der Waals surface area contributed by atoms with Crippen molar-refractivity contribution in [3.63, 3.8) is 0 Å². The molecule has 1 aromatic carbocycles. The number of hydrogen-bond donors (Lipinski definition) is 2. The lowest BCUT2D eigenvalue weighted by Crippen LogP contribution is -2.32. The Morgan fingerprint density at radius 1 is 1.33 bits per heavy atom. The number of halogens is 2. The molecule has 18 heavy (non-hydrogen) atoms. The quantitative estimate of drug-likeness (QED) is 0.792. The molecule has 1 aromatic rings. The van der Waals surface area contributed by atoms with Gasteiger partial charge in [-0.3, -0.25) is 4.79 Å². The summed E-state index contributed by atoms with van der Waals surface area (Å²) in [4.78, 5) is 11.4. The van der Waals surface area contributed by atoms with Gasteiger partial charge in [-0.05, 0) is 24.6 Å². The molecule has 6 heteroatoms. The van der Waals surface area contributed by atoms with Crippen LogP contribution < -0.4 is 10.6 Å². The van der Waals surface area contributed by atoms with Crippen molar-refractivity contribution >= 4 is 34.8 Å². The number of benzene rings is 1. The first-order valence-electron chi connectivity index (χ1n) is 5.49. The van der Waals surface area contributed by atoms with Crippen molar-refractivity contribution in [2.24, 2.45) is 0 Å². The van der Waals surface area contributed by atoms with E-state index < -0.39 is 0 Å². The van der Waals surface area contributed by atoms with E-state index in [1.165, 1.54) is 0 Å². The number of ether oxygens (including phenoxy) is 1. The third-order valence-corrected chi connectivity index (χ3v) is 3.04. The average molecular weight is 291 g/mol. The molecule has 0 aliphatic rings. The van der Waals surface area contributed by atoms with Gasteiger partial charge in [-0.25, -0.2) is 0 Å². The molecule has 0 saturated carbocycles. The molecule has 100 valence electrons. The van der Waals surface area contributed by atoms with Crippen molar-refractivity contribution in [3.05, 3.63) is 27.7 Å². The third kappa shape index (κ3) is 4.72. The minimum Gasteiger partial charge on any atom is -0.383 e. The van der Waals surface area contributed by atoms with E-state index >= 15 is 0 Å². The number of hydrogen-bond acceptors (Lipinski definition) is 3. The predicted molar refractivity (Wildman–Crippen MR) is 74.6 cm³/mol. The second-order valence-corrected chi connectivity index (χ2v) is 4.59. The lowest BCUT2D eigenvalue weighted by Gasteiger charge is -2.10. The van der Waals surface area contributed by atoms with Crippen molar-refractivity contribution in [1.82, 2.24) is 5.32 Å². The lowest BCUT2D eigenvalue weighted by atomic mass is 10.2. The highest BCUT2D eigenvalue weighted by Gasteiger charge is 2.06. The predicted octanol–water partition coefficient (Wildman–Crippen LogP) is 2.48. The maximum absolute atomic E-state index is 11.4. The summed E-state index contributed by atoms with van der Waals surface area (Å²) in [7, 11) is 1.58. The molecule has 1 amide bonds. The normalized spacial score (nSPS) is 10.2. The van der Waals surface area contributed by atoms with E-state index in [0.717, 1.165) is 5.56 Å². The van der Waals surface area contributed by atoms with E-state index in [-0.39, 0.29) is 12.5 Å². The fourth-order valence-corrected chi connectivity index (χ4v) is 1.76. The molecule has 4 nitrogen and oxygen atoms in total. The van der Waals surface area contributed by atoms with Crippen LogP contribution in [0.25, 0.3) is 0 Å². The molecule has 0 fully saturated rings. The number of carbonyl (C=O) groups is 1. The van der Waals surface area contributed by atoms with Gasteiger partial charge in [0.05, 0.1) is 23.9 Å². The van der Waals surface area contributed by atoms with Gasteiger partial charge in [-0.15, -0.1) is 0 Å². The molecular weight excluding hydrogens is 275 g/mol. The first kappa shape index (κ1) is 15.1. The van der Waals surface area contributed by atoms with Crippen LogP contribution in [-0.4, -0.2) is 32.7 Å². The van der Waals surface area contributed by atoms with Gasteiger partial charge in [-0.1, -0.05) is 23.2 Å². The second-order valence-electron chi connectivity index (χ2n) is 3.78. The Balaban J connectivity index is 2.48. The van der Waals surface area contributed by atoms with E-state index in [4.69, 9.17) is 27.9 Å². The molecule has 0 spiro atoms. The van der Waals surface area contributed by atoms with Crippen LogP contribution >= 0.6 is 23.2 Å². The molecule has 0 atom stereocenters. The number of amides is 1. The second kappa shape index (κ2) is 7.46. The highest BCUT2D eigenvalue weighted by Crippen LogP contribution is 2.28. The van der Waals surface area contributed by atoms with Gasteiger partial charge < -0.3 is 15.4 Å². The highest BCUT2D eigenvalue weighted by molar-refractivity contribution is 6.35. The Hall–Kier alpha value is -0.970. The van der Waals surface area contributed by atoms with Crippen LogP contribution in [-0.2, 0) is 9.53 Å². The van der Waals surface area contributed by atoms with Crippen LogP contribution in [0.1, 0.15) is 5.56 Å². The number of methoxy groups -OCH3 is 1. The fraction of sp³-hybridized carbons (Fsp3) is 0.417. The number of rotatable bonds is 6. The number of nitrogens with one attached hydrogen (secondary N) is 2. The van der Waals surface area contributed by atoms with Crippen molar-refractivity contribution in [2.75, 3.05) is 32.1 Å². The summed E-state index contributed by atoms with van der Waals surface area (Å²) in [5.41, 5.74) is 1.55. The maximum Gasteiger partial charge on any atom is 0.239 e. The van der Waals surface area contributed by atoms with Gasteiger partial charge in [0.15, 0.2) is 0 Å². The fourth-order valence-electron chi connectivity index (χ4n) is 1.31. The average Bonchev–Trinajstić information content (AvgIpc) is 2.32. The van der Waals surface area contributed by atoms with Crippen molar-refractivity contribution in [1.29, 1.82) is 0 Å². The van der Waals surface area contributed by atoms with Crippen LogP contribution in [0.4, 0.5) is 5.69 Å². The summed E-state index contributed by atoms with van der Waals surface area (Å²) in [5.74, 6) is -0.125. The largest absolute Gasteiger partial charge is 0.383 e. The number of aryl methyl sites for hydroxylation is 1. The van der Waals surface area contributed by atoms with E-state index in [0.29, 0.717) is 28.9 Å². The Morgan fingerprint density at radius 2 is 2.06 bits per heavy atom. The van der Waals surface area contributed by atoms with E-state index in [2.05, 4.69) is 10.6 Å². The van der Waals surface area contributed by atoms with Crippen LogP contribution in [0.2, 0.25) is 10.0 Å². The number of anilines is 1. The lowest BCUT2D eigenvalue weighted by molar-refractivity contribution is -0.119. The van der Waals surface area contributed by atoms with Gasteiger partial charge in [0.2, 0.25) is 5.91 Å². The van der Waals surface area contributed by atoms with Gasteiger partial charge in [0, 0.05) is 18.7 Å². The van der Waals surface area contributed by atoms with Gasteiger partial charge in [0.25, 0.3) is 0 Å². The molecule has 0 radical (unpaired) electrons. The molecule has 2 N–H and O–H groups in total. The first-order chi connectivity index (χ1) is 8.54. The summed E-state index contributed by atoms with van der Waals surface area (Å²) in [6, 6.07) is 3.47. The number of carbonyl (C=O) groups excluding carboxylic acids is 1. The monoisotopic (exact) mass is 290 g/mol. The van der Waals surface area contributed by atoms with Crippen molar-refractivity contribution in [2.45, 2.75) is 6.92 Å². The minimum absolute atomic E-state index is 0.125. The van der Waals surface area contributed by atoms with Crippen LogP contribution in [0, 0.1) is 6.92 Å². The smallest absolute Gasteiger partial charge is 0.239 e. The maximum atomic E-state index is 11.4. The molecule has 0 saturated heterocycles. The van der Waals surface area contributed by atoms with Crippen LogP contribution in [0.15, 0.2) is 12.1 Å². The zero-order valence-corrected chi connectivity index (χ0v) is 11.9. The standard InChI is InChI=1S/C12H16Cl2N2O2/c1-8-5-10(14)11(6-9(8)13)16-7-12(17)15-3-4-18-2/h5-6,16H,3-4,7H2,1-2H3,(H,15,17). The molecule has 0 unspecified atom stereocenters. The summed E-state index contributed by atoms with van der Waals surface area (Å²) < 4.78 is 4.83. The molecule has 1 rings (SSSR count). The molecule has 0 heterocycles. The zero-order valence-electron chi connectivity index (χ0n) is 10.3. The Morgan fingerprint density at radius 3 is 2.72 bits per heavy atom.